The van der Waals surface area contributed by atoms with E-state index < -0.39 is 17.9 Å². The van der Waals surface area contributed by atoms with Gasteiger partial charge in [-0.05, 0) is 56.9 Å². The van der Waals surface area contributed by atoms with Gasteiger partial charge in [0.15, 0.2) is 6.04 Å². The summed E-state index contributed by atoms with van der Waals surface area (Å²) in [4.78, 5) is 34.6. The van der Waals surface area contributed by atoms with Gasteiger partial charge in [-0.3, -0.25) is 14.9 Å². The van der Waals surface area contributed by atoms with E-state index in [1.165, 1.54) is 0 Å². The summed E-state index contributed by atoms with van der Waals surface area (Å²) in [6.45, 7) is 10.2. The SMILES string of the molecule is CCOOC(=O)C1C(c2ccc(OCC=C(C)C)cc2)=C(CC(C)C)C(=O)N1O. The predicted molar refractivity (Wildman–Crippen MR) is 108 cm³/mol. The number of benzene rings is 1. The van der Waals surface area contributed by atoms with Crippen LogP contribution in [0.5, 0.6) is 5.75 Å². The summed E-state index contributed by atoms with van der Waals surface area (Å²) in [5.74, 6) is -0.627. The summed E-state index contributed by atoms with van der Waals surface area (Å²) in [6.07, 6.45) is 2.39. The zero-order chi connectivity index (χ0) is 21.6. The Hall–Kier alpha value is -2.64. The van der Waals surface area contributed by atoms with E-state index in [2.05, 4.69) is 0 Å². The molecule has 0 spiro atoms. The van der Waals surface area contributed by atoms with Crippen LogP contribution < -0.4 is 4.74 Å². The molecule has 0 bridgehead atoms. The topological polar surface area (TPSA) is 85.3 Å². The molecule has 1 aliphatic rings. The molecule has 158 valence electrons. The van der Waals surface area contributed by atoms with Crippen molar-refractivity contribution in [2.75, 3.05) is 13.2 Å². The van der Waals surface area contributed by atoms with Crippen LogP contribution in [0.1, 0.15) is 46.6 Å². The molecule has 1 atom stereocenters. The number of carbonyl (C=O) groups excluding carboxylic acids is 2. The van der Waals surface area contributed by atoms with Gasteiger partial charge in [0.25, 0.3) is 5.91 Å². The number of hydrogen-bond donors (Lipinski definition) is 1. The lowest BCUT2D eigenvalue weighted by atomic mass is 9.92. The highest BCUT2D eigenvalue weighted by Crippen LogP contribution is 2.37. The normalized spacial score (nSPS) is 16.4. The van der Waals surface area contributed by atoms with Crippen LogP contribution in [0, 0.1) is 5.92 Å². The molecule has 1 unspecified atom stereocenters. The van der Waals surface area contributed by atoms with Crippen molar-refractivity contribution < 1.29 is 29.3 Å². The van der Waals surface area contributed by atoms with Crippen molar-refractivity contribution in [1.82, 2.24) is 5.06 Å². The van der Waals surface area contributed by atoms with Gasteiger partial charge in [0.05, 0.1) is 6.61 Å². The second-order valence-electron chi connectivity index (χ2n) is 7.47. The third kappa shape index (κ3) is 5.68. The molecule has 0 saturated carbocycles. The Morgan fingerprint density at radius 1 is 1.24 bits per heavy atom. The highest BCUT2D eigenvalue weighted by Gasteiger charge is 2.45. The highest BCUT2D eigenvalue weighted by molar-refractivity contribution is 6.12. The van der Waals surface area contributed by atoms with E-state index in [0.717, 1.165) is 5.57 Å². The first-order chi connectivity index (χ1) is 13.8. The smallest absolute Gasteiger partial charge is 0.371 e. The molecular weight excluding hydrogens is 374 g/mol. The average molecular weight is 403 g/mol. The van der Waals surface area contributed by atoms with Crippen molar-refractivity contribution in [3.8, 4) is 5.75 Å². The zero-order valence-corrected chi connectivity index (χ0v) is 17.6. The van der Waals surface area contributed by atoms with E-state index in [0.29, 0.717) is 40.6 Å². The third-order valence-corrected chi connectivity index (χ3v) is 4.31. The largest absolute Gasteiger partial charge is 0.490 e. The van der Waals surface area contributed by atoms with Gasteiger partial charge < -0.3 is 4.74 Å². The Morgan fingerprint density at radius 2 is 1.90 bits per heavy atom. The lowest BCUT2D eigenvalue weighted by molar-refractivity contribution is -0.276. The molecule has 1 aromatic carbocycles. The van der Waals surface area contributed by atoms with Crippen molar-refractivity contribution in [3.05, 3.63) is 47.1 Å². The minimum atomic E-state index is -1.28. The summed E-state index contributed by atoms with van der Waals surface area (Å²) >= 11 is 0. The number of amides is 1. The number of carbonyl (C=O) groups is 2. The van der Waals surface area contributed by atoms with E-state index in [4.69, 9.17) is 14.5 Å². The minimum Gasteiger partial charge on any atom is -0.490 e. The standard InChI is InChI=1S/C22H29NO6/c1-6-28-29-22(25)20-19(18(13-15(4)5)21(24)23(20)26)16-7-9-17(10-8-16)27-12-11-14(2)3/h7-11,15,20,26H,6,12-13H2,1-5H3. The molecule has 29 heavy (non-hydrogen) atoms. The Balaban J connectivity index is 2.38. The summed E-state index contributed by atoms with van der Waals surface area (Å²) in [5, 5.41) is 10.7. The molecule has 1 aliphatic heterocycles. The lowest BCUT2D eigenvalue weighted by Gasteiger charge is -2.19. The van der Waals surface area contributed by atoms with Gasteiger partial charge in [-0.15, -0.1) is 0 Å². The molecule has 0 aromatic heterocycles. The Morgan fingerprint density at radius 3 is 2.45 bits per heavy atom. The number of nitrogens with zero attached hydrogens (tertiary/aromatic N) is 1. The lowest BCUT2D eigenvalue weighted by Crippen LogP contribution is -2.39. The van der Waals surface area contributed by atoms with Gasteiger partial charge in [-0.2, -0.15) is 4.89 Å². The molecule has 1 amide bonds. The van der Waals surface area contributed by atoms with Crippen LogP contribution in [0.15, 0.2) is 41.5 Å². The molecule has 0 aliphatic carbocycles. The van der Waals surface area contributed by atoms with E-state index in [1.54, 1.807) is 31.2 Å². The second kappa shape index (κ2) is 10.2. The molecular formula is C22H29NO6. The maximum absolute atomic E-state index is 12.6. The molecule has 1 heterocycles. The summed E-state index contributed by atoms with van der Waals surface area (Å²) in [7, 11) is 0. The quantitative estimate of drug-likeness (QED) is 0.291. The number of hydrogen-bond acceptors (Lipinski definition) is 6. The summed E-state index contributed by atoms with van der Waals surface area (Å²) in [5.41, 5.74) is 2.61. The first kappa shape index (κ1) is 22.6. The second-order valence-corrected chi connectivity index (χ2v) is 7.47. The molecule has 0 fully saturated rings. The fourth-order valence-electron chi connectivity index (χ4n) is 3.01. The van der Waals surface area contributed by atoms with E-state index in [9.17, 15) is 14.8 Å². The fourth-order valence-corrected chi connectivity index (χ4v) is 3.01. The van der Waals surface area contributed by atoms with Crippen molar-refractivity contribution in [2.24, 2.45) is 5.92 Å². The Bertz CT molecular complexity index is 790. The van der Waals surface area contributed by atoms with Gasteiger partial charge in [-0.1, -0.05) is 31.6 Å². The van der Waals surface area contributed by atoms with E-state index >= 15 is 0 Å². The fraction of sp³-hybridized carbons (Fsp3) is 0.455. The van der Waals surface area contributed by atoms with Gasteiger partial charge >= 0.3 is 5.97 Å². The van der Waals surface area contributed by atoms with Crippen LogP contribution >= 0.6 is 0 Å². The first-order valence-electron chi connectivity index (χ1n) is 9.71. The number of rotatable bonds is 9. The molecule has 1 N–H and O–H groups in total. The molecule has 1 aromatic rings. The van der Waals surface area contributed by atoms with Crippen LogP contribution in [-0.2, 0) is 19.4 Å². The highest BCUT2D eigenvalue weighted by atomic mass is 17.2. The van der Waals surface area contributed by atoms with Crippen LogP contribution in [0.4, 0.5) is 0 Å². The Kier molecular flexibility index (Phi) is 7.99. The number of allylic oxidation sites excluding steroid dienone is 1. The minimum absolute atomic E-state index is 0.158. The van der Waals surface area contributed by atoms with E-state index in [-0.39, 0.29) is 12.5 Å². The van der Waals surface area contributed by atoms with Crippen LogP contribution in [0.3, 0.4) is 0 Å². The predicted octanol–water partition coefficient (Wildman–Crippen LogP) is 3.93. The zero-order valence-electron chi connectivity index (χ0n) is 17.6. The maximum Gasteiger partial charge on any atom is 0.371 e. The van der Waals surface area contributed by atoms with Crippen LogP contribution in [0.2, 0.25) is 0 Å². The van der Waals surface area contributed by atoms with Crippen LogP contribution in [-0.4, -0.2) is 41.4 Å². The number of ether oxygens (including phenoxy) is 1. The summed E-state index contributed by atoms with van der Waals surface area (Å²) < 4.78 is 5.66. The molecule has 7 heteroatoms. The van der Waals surface area contributed by atoms with Gasteiger partial charge in [0.2, 0.25) is 0 Å². The molecule has 0 saturated heterocycles. The maximum atomic E-state index is 12.6. The van der Waals surface area contributed by atoms with Crippen LogP contribution in [0.25, 0.3) is 5.57 Å². The van der Waals surface area contributed by atoms with Gasteiger partial charge in [0.1, 0.15) is 12.4 Å². The average Bonchev–Trinajstić information content (AvgIpc) is 2.91. The molecule has 0 radical (unpaired) electrons. The third-order valence-electron chi connectivity index (χ3n) is 4.31. The van der Waals surface area contributed by atoms with Gasteiger partial charge in [0, 0.05) is 11.1 Å². The first-order valence-corrected chi connectivity index (χ1v) is 9.71. The van der Waals surface area contributed by atoms with E-state index in [1.807, 2.05) is 33.8 Å². The van der Waals surface area contributed by atoms with Crippen molar-refractivity contribution in [3.63, 3.8) is 0 Å². The molecule has 2 rings (SSSR count). The van der Waals surface area contributed by atoms with Crippen molar-refractivity contribution in [2.45, 2.75) is 47.1 Å². The monoisotopic (exact) mass is 403 g/mol. The van der Waals surface area contributed by atoms with Crippen molar-refractivity contribution >= 4 is 17.4 Å². The Labute approximate surface area is 171 Å². The number of hydroxylamine groups is 2. The molecule has 7 nitrogen and oxygen atoms in total. The summed E-state index contributed by atoms with van der Waals surface area (Å²) in [6, 6.07) is 5.79. The van der Waals surface area contributed by atoms with Crippen molar-refractivity contribution in [1.29, 1.82) is 0 Å². The van der Waals surface area contributed by atoms with Gasteiger partial charge in [-0.25, -0.2) is 9.86 Å².